The Morgan fingerprint density at radius 1 is 1.43 bits per heavy atom. The van der Waals surface area contributed by atoms with E-state index in [1.807, 2.05) is 7.05 Å². The van der Waals surface area contributed by atoms with Gasteiger partial charge in [0.2, 0.25) is 0 Å². The molecule has 1 N–H and O–H groups in total. The zero-order chi connectivity index (χ0) is 9.97. The van der Waals surface area contributed by atoms with Crippen molar-refractivity contribution in [3.63, 3.8) is 0 Å². The highest BCUT2D eigenvalue weighted by Crippen LogP contribution is 2.23. The summed E-state index contributed by atoms with van der Waals surface area (Å²) >= 11 is 0. The lowest BCUT2D eigenvalue weighted by Gasteiger charge is -2.10. The average molecular weight is 187 g/mol. The number of ether oxygens (including phenoxy) is 1. The van der Waals surface area contributed by atoms with Gasteiger partial charge in [0, 0.05) is 0 Å². The summed E-state index contributed by atoms with van der Waals surface area (Å²) in [7, 11) is 1.87. The average Bonchev–Trinajstić information content (AvgIpc) is 2.66. The molecule has 0 fully saturated rings. The van der Waals surface area contributed by atoms with E-state index in [1.54, 1.807) is 0 Å². The molecule has 1 aliphatic heterocycles. The molecular weight excluding hydrogens is 174 g/mol. The molecule has 0 spiro atoms. The van der Waals surface area contributed by atoms with Gasteiger partial charge in [0.05, 0.1) is 19.3 Å². The molecule has 1 atom stereocenters. The van der Waals surface area contributed by atoms with Crippen molar-refractivity contribution in [2.45, 2.75) is 19.3 Å². The second kappa shape index (κ2) is 3.83. The van der Waals surface area contributed by atoms with Crippen molar-refractivity contribution >= 4 is 0 Å². The Labute approximate surface area is 84.3 Å². The molecule has 2 nitrogen and oxygen atoms in total. The van der Waals surface area contributed by atoms with Gasteiger partial charge in [0.1, 0.15) is 0 Å². The van der Waals surface area contributed by atoms with Gasteiger partial charge in [0.15, 0.2) is 0 Å². The van der Waals surface area contributed by atoms with Gasteiger partial charge in [-0.15, -0.1) is 6.42 Å². The third kappa shape index (κ3) is 1.52. The van der Waals surface area contributed by atoms with Gasteiger partial charge in [-0.1, -0.05) is 24.1 Å². The Morgan fingerprint density at radius 3 is 2.93 bits per heavy atom. The lowest BCUT2D eigenvalue weighted by atomic mass is 10.0. The molecule has 0 aromatic heterocycles. The summed E-state index contributed by atoms with van der Waals surface area (Å²) in [6, 6.07) is 6.29. The number of nitrogens with one attached hydrogen (secondary N) is 1. The lowest BCUT2D eigenvalue weighted by Crippen LogP contribution is -2.14. The van der Waals surface area contributed by atoms with Crippen LogP contribution in [0.1, 0.15) is 22.7 Å². The number of rotatable bonds is 2. The van der Waals surface area contributed by atoms with Crippen LogP contribution in [0.2, 0.25) is 0 Å². The van der Waals surface area contributed by atoms with E-state index in [1.165, 1.54) is 11.1 Å². The Kier molecular flexibility index (Phi) is 2.53. The number of hydrogen-bond acceptors (Lipinski definition) is 2. The maximum Gasteiger partial charge on any atom is 0.0940 e. The van der Waals surface area contributed by atoms with Crippen LogP contribution < -0.4 is 5.32 Å². The van der Waals surface area contributed by atoms with E-state index >= 15 is 0 Å². The van der Waals surface area contributed by atoms with Crippen LogP contribution in [0.4, 0.5) is 0 Å². The topological polar surface area (TPSA) is 21.3 Å². The standard InChI is InChI=1S/C12H13NO/c1-3-12(13-2)9-4-5-10-7-14-8-11(10)6-9/h1,4-6,12-13H,7-8H2,2H3. The maximum absolute atomic E-state index is 5.42. The fourth-order valence-corrected chi connectivity index (χ4v) is 1.72. The molecular formula is C12H13NO. The zero-order valence-corrected chi connectivity index (χ0v) is 8.21. The molecule has 0 radical (unpaired) electrons. The van der Waals surface area contributed by atoms with Crippen molar-refractivity contribution in [2.24, 2.45) is 0 Å². The van der Waals surface area contributed by atoms with E-state index in [0.717, 1.165) is 12.2 Å². The third-order valence-corrected chi connectivity index (χ3v) is 2.53. The van der Waals surface area contributed by atoms with Gasteiger partial charge in [-0.2, -0.15) is 0 Å². The molecule has 1 heterocycles. The van der Waals surface area contributed by atoms with Gasteiger partial charge in [-0.05, 0) is 23.7 Å². The first kappa shape index (κ1) is 9.26. The van der Waals surface area contributed by atoms with Crippen molar-refractivity contribution in [3.05, 3.63) is 34.9 Å². The van der Waals surface area contributed by atoms with E-state index in [-0.39, 0.29) is 6.04 Å². The van der Waals surface area contributed by atoms with E-state index in [2.05, 4.69) is 29.4 Å². The van der Waals surface area contributed by atoms with Gasteiger partial charge in [-0.25, -0.2) is 0 Å². The summed E-state index contributed by atoms with van der Waals surface area (Å²) in [5, 5.41) is 3.08. The molecule has 0 saturated carbocycles. The van der Waals surface area contributed by atoms with Gasteiger partial charge in [-0.3, -0.25) is 0 Å². The first-order chi connectivity index (χ1) is 6.85. The first-order valence-corrected chi connectivity index (χ1v) is 4.68. The highest BCUT2D eigenvalue weighted by molar-refractivity contribution is 5.36. The van der Waals surface area contributed by atoms with Crippen LogP contribution in [-0.4, -0.2) is 7.05 Å². The number of terminal acetylenes is 1. The minimum absolute atomic E-state index is 0.000833. The minimum atomic E-state index is 0.000833. The molecule has 0 aliphatic carbocycles. The van der Waals surface area contributed by atoms with Gasteiger partial charge < -0.3 is 10.1 Å². The third-order valence-electron chi connectivity index (χ3n) is 2.53. The molecule has 2 rings (SSSR count). The van der Waals surface area contributed by atoms with Crippen molar-refractivity contribution in [3.8, 4) is 12.3 Å². The van der Waals surface area contributed by atoms with E-state index in [9.17, 15) is 0 Å². The fourth-order valence-electron chi connectivity index (χ4n) is 1.72. The Morgan fingerprint density at radius 2 is 2.21 bits per heavy atom. The number of hydrogen-bond donors (Lipinski definition) is 1. The van der Waals surface area contributed by atoms with Crippen LogP contribution in [0.25, 0.3) is 0 Å². The van der Waals surface area contributed by atoms with E-state index < -0.39 is 0 Å². The lowest BCUT2D eigenvalue weighted by molar-refractivity contribution is 0.134. The van der Waals surface area contributed by atoms with Crippen LogP contribution in [0, 0.1) is 12.3 Å². The second-order valence-corrected chi connectivity index (χ2v) is 3.41. The predicted octanol–water partition coefficient (Wildman–Crippen LogP) is 1.61. The van der Waals surface area contributed by atoms with Gasteiger partial charge in [0.25, 0.3) is 0 Å². The molecule has 0 saturated heterocycles. The molecule has 1 aromatic rings. The summed E-state index contributed by atoms with van der Waals surface area (Å²) in [5.41, 5.74) is 3.68. The highest BCUT2D eigenvalue weighted by atomic mass is 16.5. The Balaban J connectivity index is 2.33. The SMILES string of the molecule is C#CC(NC)c1ccc2c(c1)COC2. The Hall–Kier alpha value is -1.30. The molecule has 14 heavy (non-hydrogen) atoms. The fraction of sp³-hybridized carbons (Fsp3) is 0.333. The quantitative estimate of drug-likeness (QED) is 0.710. The monoisotopic (exact) mass is 187 g/mol. The molecule has 1 aliphatic rings. The summed E-state index contributed by atoms with van der Waals surface area (Å²) < 4.78 is 5.34. The van der Waals surface area contributed by atoms with Crippen molar-refractivity contribution < 1.29 is 4.74 Å². The van der Waals surface area contributed by atoms with E-state index in [4.69, 9.17) is 11.2 Å². The highest BCUT2D eigenvalue weighted by Gasteiger charge is 2.13. The molecule has 0 amide bonds. The van der Waals surface area contributed by atoms with Crippen LogP contribution in [0.15, 0.2) is 18.2 Å². The predicted molar refractivity (Wildman–Crippen MR) is 55.6 cm³/mol. The molecule has 1 aromatic carbocycles. The molecule has 1 unspecified atom stereocenters. The normalized spacial score (nSPS) is 16.0. The zero-order valence-electron chi connectivity index (χ0n) is 8.21. The van der Waals surface area contributed by atoms with Crippen LogP contribution in [-0.2, 0) is 18.0 Å². The number of fused-ring (bicyclic) bond motifs is 1. The van der Waals surface area contributed by atoms with E-state index in [0.29, 0.717) is 6.61 Å². The van der Waals surface area contributed by atoms with Crippen molar-refractivity contribution in [1.29, 1.82) is 0 Å². The summed E-state index contributed by atoms with van der Waals surface area (Å²) in [5.74, 6) is 2.71. The minimum Gasteiger partial charge on any atom is -0.372 e. The molecule has 2 heteroatoms. The summed E-state index contributed by atoms with van der Waals surface area (Å²) in [4.78, 5) is 0. The van der Waals surface area contributed by atoms with Crippen molar-refractivity contribution in [1.82, 2.24) is 5.32 Å². The molecule has 72 valence electrons. The summed E-state index contributed by atoms with van der Waals surface area (Å²) in [6.45, 7) is 1.44. The van der Waals surface area contributed by atoms with Crippen LogP contribution >= 0.6 is 0 Å². The smallest absolute Gasteiger partial charge is 0.0940 e. The Bertz CT molecular complexity index is 378. The first-order valence-electron chi connectivity index (χ1n) is 4.68. The largest absolute Gasteiger partial charge is 0.372 e. The maximum atomic E-state index is 5.42. The van der Waals surface area contributed by atoms with Gasteiger partial charge >= 0.3 is 0 Å². The molecule has 0 bridgehead atoms. The van der Waals surface area contributed by atoms with Crippen LogP contribution in [0.5, 0.6) is 0 Å². The number of benzene rings is 1. The van der Waals surface area contributed by atoms with Crippen molar-refractivity contribution in [2.75, 3.05) is 7.05 Å². The summed E-state index contributed by atoms with van der Waals surface area (Å²) in [6.07, 6.45) is 5.42. The second-order valence-electron chi connectivity index (χ2n) is 3.41. The van der Waals surface area contributed by atoms with Crippen LogP contribution in [0.3, 0.4) is 0 Å².